The van der Waals surface area contributed by atoms with Crippen molar-refractivity contribution in [1.29, 1.82) is 0 Å². The molecule has 2 atom stereocenters. The van der Waals surface area contributed by atoms with E-state index in [-0.39, 0.29) is 12.4 Å². The molecular weight excluding hydrogens is 434 g/mol. The van der Waals surface area contributed by atoms with Crippen LogP contribution in [0.15, 0.2) is 88.7 Å². The number of benzene rings is 3. The highest BCUT2D eigenvalue weighted by atomic mass is 32.2. The van der Waals surface area contributed by atoms with E-state index in [0.717, 1.165) is 26.5 Å². The van der Waals surface area contributed by atoms with Crippen molar-refractivity contribution < 1.29 is 19.1 Å². The molecule has 0 bridgehead atoms. The van der Waals surface area contributed by atoms with Crippen LogP contribution >= 0.6 is 11.8 Å². The van der Waals surface area contributed by atoms with E-state index in [0.29, 0.717) is 6.42 Å². The summed E-state index contributed by atoms with van der Waals surface area (Å²) in [6.07, 6.45) is -0.199. The number of imide groups is 1. The zero-order chi connectivity index (χ0) is 22.9. The van der Waals surface area contributed by atoms with Crippen LogP contribution in [0.1, 0.15) is 29.5 Å². The molecule has 33 heavy (non-hydrogen) atoms. The maximum atomic E-state index is 13.9. The number of carbonyl (C=O) groups excluding carboxylic acids is 3. The van der Waals surface area contributed by atoms with Gasteiger partial charge in [-0.2, -0.15) is 0 Å². The number of nitrogens with zero attached hydrogens (tertiary/aromatic N) is 1. The Labute approximate surface area is 196 Å². The molecule has 5 rings (SSSR count). The largest absolute Gasteiger partial charge is 0.447 e. The van der Waals surface area contributed by atoms with E-state index in [1.807, 2.05) is 78.9 Å². The van der Waals surface area contributed by atoms with Gasteiger partial charge in [-0.05, 0) is 42.2 Å². The second-order valence-corrected chi connectivity index (χ2v) is 9.46. The Balaban J connectivity index is 1.55. The third-order valence-electron chi connectivity index (χ3n) is 6.28. The number of Topliss-reactive ketones (excluding diaryl/α,β-unsaturated/α-hetero) is 1. The molecule has 0 aliphatic carbocycles. The molecule has 0 unspecified atom stereocenters. The van der Waals surface area contributed by atoms with Crippen LogP contribution < -0.4 is 0 Å². The van der Waals surface area contributed by atoms with E-state index in [2.05, 4.69) is 0 Å². The average Bonchev–Trinajstić information content (AvgIpc) is 3.19. The van der Waals surface area contributed by atoms with Crippen LogP contribution in [0.4, 0.5) is 4.79 Å². The number of carbonyl (C=O) groups is 3. The maximum absolute atomic E-state index is 13.9. The summed E-state index contributed by atoms with van der Waals surface area (Å²) in [5.41, 5.74) is 2.87. The summed E-state index contributed by atoms with van der Waals surface area (Å²) in [6.45, 7) is 1.56. The average molecular weight is 458 g/mol. The fourth-order valence-electron chi connectivity index (χ4n) is 4.77. The highest BCUT2D eigenvalue weighted by molar-refractivity contribution is 7.99. The van der Waals surface area contributed by atoms with Gasteiger partial charge in [-0.25, -0.2) is 9.69 Å². The van der Waals surface area contributed by atoms with Gasteiger partial charge in [0.1, 0.15) is 18.3 Å². The van der Waals surface area contributed by atoms with Gasteiger partial charge in [-0.1, -0.05) is 78.5 Å². The van der Waals surface area contributed by atoms with E-state index in [9.17, 15) is 14.4 Å². The molecule has 2 aliphatic heterocycles. The number of cyclic esters (lactones) is 1. The number of hydrogen-bond acceptors (Lipinski definition) is 5. The van der Waals surface area contributed by atoms with Gasteiger partial charge in [0.05, 0.1) is 6.04 Å². The number of ketones is 1. The molecule has 3 aromatic carbocycles. The third-order valence-corrected chi connectivity index (χ3v) is 7.46. The first kappa shape index (κ1) is 21.5. The topological polar surface area (TPSA) is 63.7 Å². The van der Waals surface area contributed by atoms with Crippen LogP contribution in [0.25, 0.3) is 0 Å². The van der Waals surface area contributed by atoms with Gasteiger partial charge in [0.25, 0.3) is 0 Å². The molecular formula is C27H23NO4S. The third kappa shape index (κ3) is 3.95. The molecule has 6 heteroatoms. The predicted octanol–water partition coefficient (Wildman–Crippen LogP) is 5.08. The van der Waals surface area contributed by atoms with Gasteiger partial charge in [-0.3, -0.25) is 9.59 Å². The Morgan fingerprint density at radius 1 is 0.939 bits per heavy atom. The number of hydrogen-bond donors (Lipinski definition) is 0. The fourth-order valence-corrected chi connectivity index (χ4v) is 5.93. The Kier molecular flexibility index (Phi) is 5.77. The Morgan fingerprint density at radius 3 is 2.12 bits per heavy atom. The minimum atomic E-state index is -1.02. The fraction of sp³-hybridized carbons (Fsp3) is 0.222. The number of fused-ring (bicyclic) bond motifs is 2. The molecule has 1 fully saturated rings. The SMILES string of the molecule is CC(=O)[C@@H](C(=O)N1C(=O)OC[C@H]1Cc1ccccc1)C1c2ccccc2Sc2ccccc21. The predicted molar refractivity (Wildman–Crippen MR) is 125 cm³/mol. The van der Waals surface area contributed by atoms with Crippen LogP contribution in [0.5, 0.6) is 0 Å². The molecule has 0 aromatic heterocycles. The van der Waals surface area contributed by atoms with Crippen LogP contribution in [-0.2, 0) is 20.7 Å². The Bertz CT molecular complexity index is 1180. The Hall–Kier alpha value is -3.38. The van der Waals surface area contributed by atoms with Crippen molar-refractivity contribution in [3.63, 3.8) is 0 Å². The van der Waals surface area contributed by atoms with E-state index >= 15 is 0 Å². The van der Waals surface area contributed by atoms with Crippen molar-refractivity contribution in [1.82, 2.24) is 4.90 Å². The van der Waals surface area contributed by atoms with Gasteiger partial charge < -0.3 is 4.74 Å². The minimum Gasteiger partial charge on any atom is -0.447 e. The standard InChI is InChI=1S/C27H23NO4S/c1-17(29)24(25-20-11-5-7-13-22(20)33-23-14-8-6-12-21(23)25)26(30)28-19(16-32-27(28)31)15-18-9-3-2-4-10-18/h2-14,19,24-25H,15-16H2,1H3/t19-,24-/m1/s1. The minimum absolute atomic E-state index is 0.123. The summed E-state index contributed by atoms with van der Waals surface area (Å²) >= 11 is 1.63. The smallest absolute Gasteiger partial charge is 0.417 e. The second kappa shape index (κ2) is 8.87. The monoisotopic (exact) mass is 457 g/mol. The number of rotatable bonds is 5. The Morgan fingerprint density at radius 2 is 1.52 bits per heavy atom. The molecule has 1 saturated heterocycles. The molecule has 0 N–H and O–H groups in total. The van der Waals surface area contributed by atoms with E-state index in [1.54, 1.807) is 11.8 Å². The summed E-state index contributed by atoms with van der Waals surface area (Å²) < 4.78 is 5.28. The van der Waals surface area contributed by atoms with Crippen molar-refractivity contribution in [2.45, 2.75) is 35.1 Å². The van der Waals surface area contributed by atoms with Crippen LogP contribution in [0.2, 0.25) is 0 Å². The first-order chi connectivity index (χ1) is 16.0. The number of amides is 2. The second-order valence-electron chi connectivity index (χ2n) is 8.37. The highest BCUT2D eigenvalue weighted by Gasteiger charge is 2.47. The van der Waals surface area contributed by atoms with Crippen molar-refractivity contribution in [3.8, 4) is 0 Å². The van der Waals surface area contributed by atoms with Crippen LogP contribution in [-0.4, -0.2) is 35.3 Å². The van der Waals surface area contributed by atoms with Crippen LogP contribution in [0, 0.1) is 5.92 Å². The molecule has 0 radical (unpaired) electrons. The van der Waals surface area contributed by atoms with E-state index in [4.69, 9.17) is 4.74 Å². The quantitative estimate of drug-likeness (QED) is 0.500. The molecule has 2 amide bonds. The maximum Gasteiger partial charge on any atom is 0.417 e. The molecule has 166 valence electrons. The summed E-state index contributed by atoms with van der Waals surface area (Å²) in [5, 5.41) is 0. The molecule has 5 nitrogen and oxygen atoms in total. The lowest BCUT2D eigenvalue weighted by molar-refractivity contribution is -0.139. The zero-order valence-corrected chi connectivity index (χ0v) is 19.0. The first-order valence-corrected chi connectivity index (χ1v) is 11.8. The highest BCUT2D eigenvalue weighted by Crippen LogP contribution is 2.49. The first-order valence-electron chi connectivity index (χ1n) is 10.9. The molecule has 0 saturated carbocycles. The van der Waals surface area contributed by atoms with Gasteiger partial charge in [0.15, 0.2) is 0 Å². The molecule has 2 aliphatic rings. The van der Waals surface area contributed by atoms with E-state index in [1.165, 1.54) is 11.8 Å². The van der Waals surface area contributed by atoms with Crippen molar-refractivity contribution >= 4 is 29.5 Å². The summed E-state index contributed by atoms with van der Waals surface area (Å²) in [5.74, 6) is -2.24. The molecule has 0 spiro atoms. The number of ether oxygens (including phenoxy) is 1. The van der Waals surface area contributed by atoms with Gasteiger partial charge in [-0.15, -0.1) is 0 Å². The molecule has 3 aromatic rings. The van der Waals surface area contributed by atoms with E-state index < -0.39 is 29.9 Å². The van der Waals surface area contributed by atoms with Gasteiger partial charge >= 0.3 is 6.09 Å². The van der Waals surface area contributed by atoms with Crippen molar-refractivity contribution in [3.05, 3.63) is 95.6 Å². The lowest BCUT2D eigenvalue weighted by Gasteiger charge is -2.34. The van der Waals surface area contributed by atoms with Crippen molar-refractivity contribution in [2.75, 3.05) is 6.61 Å². The lowest BCUT2D eigenvalue weighted by Crippen LogP contribution is -2.47. The summed E-state index contributed by atoms with van der Waals surface area (Å²) in [7, 11) is 0. The van der Waals surface area contributed by atoms with Gasteiger partial charge in [0, 0.05) is 15.7 Å². The zero-order valence-electron chi connectivity index (χ0n) is 18.1. The normalized spacial score (nSPS) is 18.3. The lowest BCUT2D eigenvalue weighted by atomic mass is 9.77. The molecule has 2 heterocycles. The van der Waals surface area contributed by atoms with Crippen molar-refractivity contribution in [2.24, 2.45) is 5.92 Å². The van der Waals surface area contributed by atoms with Gasteiger partial charge in [0.2, 0.25) is 5.91 Å². The van der Waals surface area contributed by atoms with Crippen LogP contribution in [0.3, 0.4) is 0 Å². The summed E-state index contributed by atoms with van der Waals surface area (Å²) in [6, 6.07) is 24.9. The summed E-state index contributed by atoms with van der Waals surface area (Å²) in [4.78, 5) is 42.8.